The van der Waals surface area contributed by atoms with Gasteiger partial charge in [0.1, 0.15) is 0 Å². The molecular weight excluding hydrogens is 370 g/mol. The molecule has 1 aliphatic heterocycles. The maximum atomic E-state index is 13.2. The Hall–Kier alpha value is -2.03. The zero-order chi connectivity index (χ0) is 19.0. The molecule has 0 bridgehead atoms. The number of hydrogen-bond donors (Lipinski definition) is 1. The number of aryl methyl sites for hydroxylation is 2. The number of carbonyl (C=O) groups is 2. The molecule has 0 radical (unpaired) electrons. The van der Waals surface area contributed by atoms with E-state index in [0.29, 0.717) is 23.7 Å². The van der Waals surface area contributed by atoms with Crippen molar-refractivity contribution in [1.29, 1.82) is 0 Å². The van der Waals surface area contributed by atoms with Gasteiger partial charge in [0, 0.05) is 18.0 Å². The van der Waals surface area contributed by atoms with E-state index in [1.54, 1.807) is 11.8 Å². The minimum Gasteiger partial charge on any atom is -0.503 e. The van der Waals surface area contributed by atoms with Gasteiger partial charge in [0.15, 0.2) is 5.76 Å². The molecule has 2 aromatic heterocycles. The minimum absolute atomic E-state index is 0.156. The van der Waals surface area contributed by atoms with E-state index in [9.17, 15) is 14.7 Å². The van der Waals surface area contributed by atoms with Crippen molar-refractivity contribution in [2.45, 2.75) is 19.9 Å². The highest BCUT2D eigenvalue weighted by molar-refractivity contribution is 7.14. The Morgan fingerprint density at radius 1 is 1.38 bits per heavy atom. The Labute approximate surface area is 160 Å². The SMILES string of the molecule is Cc1nc(C)c(C(=O)C2=C(O)C(=O)N(CCN(C)C)[C@@H]2c2cccs2)s1. The zero-order valence-electron chi connectivity index (χ0n) is 15.1. The lowest BCUT2D eigenvalue weighted by Gasteiger charge is -2.26. The van der Waals surface area contributed by atoms with E-state index < -0.39 is 17.7 Å². The van der Waals surface area contributed by atoms with Crippen LogP contribution in [0.4, 0.5) is 0 Å². The van der Waals surface area contributed by atoms with Gasteiger partial charge in [-0.2, -0.15) is 0 Å². The highest BCUT2D eigenvalue weighted by atomic mass is 32.1. The van der Waals surface area contributed by atoms with Crippen molar-refractivity contribution in [2.75, 3.05) is 27.2 Å². The van der Waals surface area contributed by atoms with Gasteiger partial charge in [-0.15, -0.1) is 22.7 Å². The number of Topliss-reactive ketones (excluding diaryl/α,β-unsaturated/α-hetero) is 1. The van der Waals surface area contributed by atoms with Crippen LogP contribution in [0.3, 0.4) is 0 Å². The van der Waals surface area contributed by atoms with E-state index in [4.69, 9.17) is 0 Å². The van der Waals surface area contributed by atoms with Crippen LogP contribution in [0.5, 0.6) is 0 Å². The molecule has 0 fully saturated rings. The molecule has 3 heterocycles. The molecular formula is C18H21N3O3S2. The van der Waals surface area contributed by atoms with E-state index in [2.05, 4.69) is 4.98 Å². The first-order valence-corrected chi connectivity index (χ1v) is 9.91. The first kappa shape index (κ1) is 18.8. The van der Waals surface area contributed by atoms with Crippen LogP contribution in [0.2, 0.25) is 0 Å². The maximum absolute atomic E-state index is 13.2. The van der Waals surface area contributed by atoms with Gasteiger partial charge in [0.05, 0.1) is 27.2 Å². The van der Waals surface area contributed by atoms with Crippen molar-refractivity contribution in [2.24, 2.45) is 0 Å². The number of thiophene rings is 1. The monoisotopic (exact) mass is 391 g/mol. The average Bonchev–Trinajstić information content (AvgIpc) is 3.26. The summed E-state index contributed by atoms with van der Waals surface area (Å²) in [6.07, 6.45) is 0. The van der Waals surface area contributed by atoms with Crippen molar-refractivity contribution in [3.8, 4) is 0 Å². The van der Waals surface area contributed by atoms with Crippen LogP contribution >= 0.6 is 22.7 Å². The largest absolute Gasteiger partial charge is 0.503 e. The first-order valence-electron chi connectivity index (χ1n) is 8.22. The summed E-state index contributed by atoms with van der Waals surface area (Å²) >= 11 is 2.76. The summed E-state index contributed by atoms with van der Waals surface area (Å²) in [4.78, 5) is 35.1. The normalized spacial score (nSPS) is 17.7. The van der Waals surface area contributed by atoms with Gasteiger partial charge < -0.3 is 14.9 Å². The number of aliphatic hydroxyl groups is 1. The summed E-state index contributed by atoms with van der Waals surface area (Å²) in [5, 5.41) is 13.2. The van der Waals surface area contributed by atoms with Crippen molar-refractivity contribution in [1.82, 2.24) is 14.8 Å². The lowest BCUT2D eigenvalue weighted by Crippen LogP contribution is -2.36. The summed E-state index contributed by atoms with van der Waals surface area (Å²) in [5.41, 5.74) is 0.782. The number of hydrogen-bond acceptors (Lipinski definition) is 7. The molecule has 0 aliphatic carbocycles. The molecule has 0 unspecified atom stereocenters. The summed E-state index contributed by atoms with van der Waals surface area (Å²) in [6.45, 7) is 4.68. The standard InChI is InChI=1S/C18H21N3O3S2/c1-10-17(26-11(2)19-10)15(22)13-14(12-6-5-9-25-12)21(8-7-20(3)4)18(24)16(13)23/h5-6,9,14,23H,7-8H2,1-4H3/t14-/m1/s1. The number of aliphatic hydroxyl groups excluding tert-OH is 1. The van der Waals surface area contributed by atoms with Crippen LogP contribution in [-0.2, 0) is 4.79 Å². The van der Waals surface area contributed by atoms with E-state index >= 15 is 0 Å². The number of thiazole rings is 1. The summed E-state index contributed by atoms with van der Waals surface area (Å²) in [7, 11) is 3.84. The van der Waals surface area contributed by atoms with Crippen LogP contribution in [-0.4, -0.2) is 58.8 Å². The van der Waals surface area contributed by atoms with Gasteiger partial charge in [0.2, 0.25) is 5.78 Å². The molecule has 1 amide bonds. The van der Waals surface area contributed by atoms with Crippen LogP contribution in [0.15, 0.2) is 28.8 Å². The topological polar surface area (TPSA) is 73.7 Å². The van der Waals surface area contributed by atoms with Gasteiger partial charge in [-0.05, 0) is 39.4 Å². The number of amides is 1. The number of nitrogens with zero attached hydrogens (tertiary/aromatic N) is 3. The number of carbonyl (C=O) groups excluding carboxylic acids is 2. The third-order valence-corrected chi connectivity index (χ3v) is 6.26. The molecule has 1 atom stereocenters. The van der Waals surface area contributed by atoms with Crippen LogP contribution in [0, 0.1) is 13.8 Å². The second-order valence-electron chi connectivity index (χ2n) is 6.46. The molecule has 0 saturated heterocycles. The molecule has 0 saturated carbocycles. The van der Waals surface area contributed by atoms with E-state index in [1.165, 1.54) is 22.7 Å². The minimum atomic E-state index is -0.559. The third-order valence-electron chi connectivity index (χ3n) is 4.26. The van der Waals surface area contributed by atoms with Crippen LogP contribution < -0.4 is 0 Å². The average molecular weight is 392 g/mol. The van der Waals surface area contributed by atoms with E-state index in [0.717, 1.165) is 9.88 Å². The van der Waals surface area contributed by atoms with Crippen molar-refractivity contribution >= 4 is 34.4 Å². The predicted octanol–water partition coefficient (Wildman–Crippen LogP) is 2.96. The highest BCUT2D eigenvalue weighted by Gasteiger charge is 2.44. The molecule has 1 aliphatic rings. The van der Waals surface area contributed by atoms with Crippen molar-refractivity contribution in [3.05, 3.63) is 49.3 Å². The fourth-order valence-corrected chi connectivity index (χ4v) is 4.75. The number of ketones is 1. The molecule has 0 spiro atoms. The van der Waals surface area contributed by atoms with Gasteiger partial charge in [-0.1, -0.05) is 6.07 Å². The molecule has 26 heavy (non-hydrogen) atoms. The maximum Gasteiger partial charge on any atom is 0.290 e. The van der Waals surface area contributed by atoms with E-state index in [1.807, 2.05) is 43.4 Å². The lowest BCUT2D eigenvalue weighted by atomic mass is 10.0. The second kappa shape index (κ2) is 7.30. The summed E-state index contributed by atoms with van der Waals surface area (Å²) in [5.74, 6) is -1.25. The second-order valence-corrected chi connectivity index (χ2v) is 8.64. The third kappa shape index (κ3) is 3.32. The Balaban J connectivity index is 2.04. The Bertz CT molecular complexity index is 868. The van der Waals surface area contributed by atoms with Crippen molar-refractivity contribution in [3.63, 3.8) is 0 Å². The van der Waals surface area contributed by atoms with E-state index in [-0.39, 0.29) is 11.4 Å². The number of likely N-dealkylation sites (N-methyl/N-ethyl adjacent to an activating group) is 1. The lowest BCUT2D eigenvalue weighted by molar-refractivity contribution is -0.129. The van der Waals surface area contributed by atoms with Gasteiger partial charge in [-0.25, -0.2) is 4.98 Å². The Kier molecular flexibility index (Phi) is 5.27. The molecule has 1 N–H and O–H groups in total. The molecule has 3 rings (SSSR count). The van der Waals surface area contributed by atoms with Crippen LogP contribution in [0.25, 0.3) is 0 Å². The first-order chi connectivity index (χ1) is 12.3. The van der Waals surface area contributed by atoms with Gasteiger partial charge >= 0.3 is 0 Å². The molecule has 0 aromatic carbocycles. The fourth-order valence-electron chi connectivity index (χ4n) is 3.03. The molecule has 138 valence electrons. The number of rotatable bonds is 6. The fraction of sp³-hybridized carbons (Fsp3) is 0.389. The smallest absolute Gasteiger partial charge is 0.290 e. The zero-order valence-corrected chi connectivity index (χ0v) is 16.8. The van der Waals surface area contributed by atoms with Crippen molar-refractivity contribution < 1.29 is 14.7 Å². The Morgan fingerprint density at radius 2 is 2.12 bits per heavy atom. The predicted molar refractivity (Wildman–Crippen MR) is 103 cm³/mol. The highest BCUT2D eigenvalue weighted by Crippen LogP contribution is 2.41. The molecule has 2 aromatic rings. The molecule has 8 heteroatoms. The Morgan fingerprint density at radius 3 is 2.65 bits per heavy atom. The summed E-state index contributed by atoms with van der Waals surface area (Å²) < 4.78 is 0. The van der Waals surface area contributed by atoms with Gasteiger partial charge in [-0.3, -0.25) is 9.59 Å². The molecule has 6 nitrogen and oxygen atoms in total. The van der Waals surface area contributed by atoms with Gasteiger partial charge in [0.25, 0.3) is 5.91 Å². The van der Waals surface area contributed by atoms with Crippen LogP contribution in [0.1, 0.15) is 31.3 Å². The summed E-state index contributed by atoms with van der Waals surface area (Å²) in [6, 6.07) is 3.22. The number of aromatic nitrogens is 1. The quantitative estimate of drug-likeness (QED) is 0.767.